The van der Waals surface area contributed by atoms with Crippen LogP contribution in [0, 0.1) is 5.82 Å². The standard InChI is InChI=1S/C12H16FNO/c13-11-4-2-10(3-5-11)12(14)6-1-8-15-9-7-12/h2-5H,1,6-9,14H2. The maximum atomic E-state index is 12.8. The molecule has 1 aromatic rings. The first-order chi connectivity index (χ1) is 7.21. The lowest BCUT2D eigenvalue weighted by atomic mass is 9.84. The van der Waals surface area contributed by atoms with E-state index in [2.05, 4.69) is 0 Å². The van der Waals surface area contributed by atoms with Gasteiger partial charge in [0.05, 0.1) is 0 Å². The third-order valence-electron chi connectivity index (χ3n) is 3.02. The number of ether oxygens (including phenoxy) is 1. The van der Waals surface area contributed by atoms with Crippen LogP contribution < -0.4 is 5.73 Å². The van der Waals surface area contributed by atoms with E-state index in [1.807, 2.05) is 0 Å². The van der Waals surface area contributed by atoms with Gasteiger partial charge in [-0.05, 0) is 37.0 Å². The van der Waals surface area contributed by atoms with E-state index in [1.165, 1.54) is 12.1 Å². The summed E-state index contributed by atoms with van der Waals surface area (Å²) < 4.78 is 18.2. The van der Waals surface area contributed by atoms with Gasteiger partial charge < -0.3 is 10.5 Å². The minimum atomic E-state index is -0.343. The van der Waals surface area contributed by atoms with Crippen molar-refractivity contribution in [1.29, 1.82) is 0 Å². The van der Waals surface area contributed by atoms with Gasteiger partial charge in [-0.25, -0.2) is 4.39 Å². The first-order valence-corrected chi connectivity index (χ1v) is 5.33. The summed E-state index contributed by atoms with van der Waals surface area (Å²) in [6, 6.07) is 6.49. The molecule has 1 aromatic carbocycles. The van der Waals surface area contributed by atoms with Crippen molar-refractivity contribution in [2.24, 2.45) is 5.73 Å². The predicted octanol–water partition coefficient (Wildman–Crippen LogP) is 2.18. The van der Waals surface area contributed by atoms with Crippen molar-refractivity contribution in [2.45, 2.75) is 24.8 Å². The first kappa shape index (κ1) is 10.6. The molecule has 1 atom stereocenters. The second-order valence-electron chi connectivity index (χ2n) is 4.13. The van der Waals surface area contributed by atoms with Crippen molar-refractivity contribution in [3.63, 3.8) is 0 Å². The van der Waals surface area contributed by atoms with Gasteiger partial charge in [0.1, 0.15) is 5.82 Å². The maximum Gasteiger partial charge on any atom is 0.123 e. The Morgan fingerprint density at radius 2 is 1.87 bits per heavy atom. The Balaban J connectivity index is 2.22. The van der Waals surface area contributed by atoms with Gasteiger partial charge in [0.25, 0.3) is 0 Å². The van der Waals surface area contributed by atoms with Crippen LogP contribution >= 0.6 is 0 Å². The SMILES string of the molecule is NC1(c2ccc(F)cc2)CCCOCC1. The van der Waals surface area contributed by atoms with Gasteiger partial charge in [-0.15, -0.1) is 0 Å². The number of rotatable bonds is 1. The van der Waals surface area contributed by atoms with E-state index in [-0.39, 0.29) is 11.4 Å². The largest absolute Gasteiger partial charge is 0.381 e. The van der Waals surface area contributed by atoms with Gasteiger partial charge >= 0.3 is 0 Å². The third kappa shape index (κ3) is 2.36. The molecule has 2 nitrogen and oxygen atoms in total. The summed E-state index contributed by atoms with van der Waals surface area (Å²) in [5.74, 6) is -0.216. The Morgan fingerprint density at radius 1 is 1.13 bits per heavy atom. The zero-order valence-electron chi connectivity index (χ0n) is 8.71. The Bertz CT molecular complexity index is 315. The Morgan fingerprint density at radius 3 is 2.60 bits per heavy atom. The summed E-state index contributed by atoms with van der Waals surface area (Å²) in [6.45, 7) is 1.47. The zero-order chi connectivity index (χ0) is 10.7. The molecular weight excluding hydrogens is 193 g/mol. The second kappa shape index (κ2) is 4.29. The number of hydrogen-bond donors (Lipinski definition) is 1. The fourth-order valence-electron chi connectivity index (χ4n) is 2.04. The van der Waals surface area contributed by atoms with Crippen LogP contribution in [0.4, 0.5) is 4.39 Å². The number of hydrogen-bond acceptors (Lipinski definition) is 2. The summed E-state index contributed by atoms with van der Waals surface area (Å²) in [5, 5.41) is 0. The highest BCUT2D eigenvalue weighted by Gasteiger charge is 2.28. The van der Waals surface area contributed by atoms with Crippen LogP contribution in [0.2, 0.25) is 0 Å². The predicted molar refractivity (Wildman–Crippen MR) is 56.9 cm³/mol. The first-order valence-electron chi connectivity index (χ1n) is 5.33. The van der Waals surface area contributed by atoms with Gasteiger partial charge in [-0.1, -0.05) is 12.1 Å². The van der Waals surface area contributed by atoms with Gasteiger partial charge in [0, 0.05) is 18.8 Å². The van der Waals surface area contributed by atoms with Crippen molar-refractivity contribution < 1.29 is 9.13 Å². The summed E-state index contributed by atoms with van der Waals surface area (Å²) >= 11 is 0. The molecule has 0 aromatic heterocycles. The lowest BCUT2D eigenvalue weighted by Gasteiger charge is -2.28. The van der Waals surface area contributed by atoms with E-state index in [0.29, 0.717) is 6.61 Å². The highest BCUT2D eigenvalue weighted by Crippen LogP contribution is 2.29. The molecule has 0 aliphatic carbocycles. The molecule has 0 saturated carbocycles. The van der Waals surface area contributed by atoms with Gasteiger partial charge in [0.2, 0.25) is 0 Å². The lowest BCUT2D eigenvalue weighted by Crippen LogP contribution is -2.36. The normalized spacial score (nSPS) is 27.3. The fraction of sp³-hybridized carbons (Fsp3) is 0.500. The Labute approximate surface area is 89.2 Å². The number of halogens is 1. The van der Waals surface area contributed by atoms with Crippen LogP contribution in [0.5, 0.6) is 0 Å². The highest BCUT2D eigenvalue weighted by molar-refractivity contribution is 5.24. The average molecular weight is 209 g/mol. The molecule has 3 heteroatoms. The van der Waals surface area contributed by atoms with Crippen molar-refractivity contribution in [3.05, 3.63) is 35.6 Å². The second-order valence-corrected chi connectivity index (χ2v) is 4.13. The van der Waals surface area contributed by atoms with Gasteiger partial charge in [-0.2, -0.15) is 0 Å². The summed E-state index contributed by atoms with van der Waals surface area (Å²) in [7, 11) is 0. The van der Waals surface area contributed by atoms with E-state index >= 15 is 0 Å². The van der Waals surface area contributed by atoms with Crippen LogP contribution in [-0.4, -0.2) is 13.2 Å². The van der Waals surface area contributed by atoms with E-state index in [1.54, 1.807) is 12.1 Å². The molecule has 1 saturated heterocycles. The van der Waals surface area contributed by atoms with Crippen LogP contribution in [0.15, 0.2) is 24.3 Å². The monoisotopic (exact) mass is 209 g/mol. The van der Waals surface area contributed by atoms with Crippen LogP contribution in [0.3, 0.4) is 0 Å². The molecule has 1 unspecified atom stereocenters. The molecule has 15 heavy (non-hydrogen) atoms. The van der Waals surface area contributed by atoms with Gasteiger partial charge in [-0.3, -0.25) is 0 Å². The lowest BCUT2D eigenvalue weighted by molar-refractivity contribution is 0.139. The van der Waals surface area contributed by atoms with E-state index in [0.717, 1.165) is 31.4 Å². The minimum absolute atomic E-state index is 0.216. The minimum Gasteiger partial charge on any atom is -0.381 e. The van der Waals surface area contributed by atoms with Crippen LogP contribution in [0.25, 0.3) is 0 Å². The van der Waals surface area contributed by atoms with Crippen molar-refractivity contribution in [3.8, 4) is 0 Å². The topological polar surface area (TPSA) is 35.2 Å². The molecule has 0 bridgehead atoms. The molecule has 1 fully saturated rings. The van der Waals surface area contributed by atoms with Crippen molar-refractivity contribution >= 4 is 0 Å². The van der Waals surface area contributed by atoms with Gasteiger partial charge in [0.15, 0.2) is 0 Å². The Hall–Kier alpha value is -0.930. The molecule has 1 heterocycles. The summed E-state index contributed by atoms with van der Waals surface area (Å²) in [5.41, 5.74) is 6.99. The third-order valence-corrected chi connectivity index (χ3v) is 3.02. The Kier molecular flexibility index (Phi) is 3.03. The maximum absolute atomic E-state index is 12.8. The smallest absolute Gasteiger partial charge is 0.123 e. The number of nitrogens with two attached hydrogens (primary N) is 1. The van der Waals surface area contributed by atoms with E-state index in [4.69, 9.17) is 10.5 Å². The molecular formula is C12H16FNO. The van der Waals surface area contributed by atoms with E-state index < -0.39 is 0 Å². The molecule has 0 spiro atoms. The summed E-state index contributed by atoms with van der Waals surface area (Å²) in [4.78, 5) is 0. The number of benzene rings is 1. The summed E-state index contributed by atoms with van der Waals surface area (Å²) in [6.07, 6.45) is 2.67. The highest BCUT2D eigenvalue weighted by atomic mass is 19.1. The molecule has 0 radical (unpaired) electrons. The molecule has 1 aliphatic heterocycles. The molecule has 2 N–H and O–H groups in total. The van der Waals surface area contributed by atoms with E-state index in [9.17, 15) is 4.39 Å². The molecule has 1 aliphatic rings. The van der Waals surface area contributed by atoms with Crippen molar-refractivity contribution in [2.75, 3.05) is 13.2 Å². The molecule has 82 valence electrons. The quantitative estimate of drug-likeness (QED) is 0.769. The fourth-order valence-corrected chi connectivity index (χ4v) is 2.04. The molecule has 0 amide bonds. The van der Waals surface area contributed by atoms with Crippen LogP contribution in [-0.2, 0) is 10.3 Å². The average Bonchev–Trinajstić information content (AvgIpc) is 2.45. The zero-order valence-corrected chi connectivity index (χ0v) is 8.71. The van der Waals surface area contributed by atoms with Crippen LogP contribution in [0.1, 0.15) is 24.8 Å². The molecule has 2 rings (SSSR count). The van der Waals surface area contributed by atoms with Crippen molar-refractivity contribution in [1.82, 2.24) is 0 Å².